The number of carbonyl (C=O) groups is 1. The first-order chi connectivity index (χ1) is 10.7. The van der Waals surface area contributed by atoms with E-state index in [1.165, 1.54) is 6.42 Å². The van der Waals surface area contributed by atoms with Gasteiger partial charge in [-0.15, -0.1) is 12.4 Å². The largest absolute Gasteiger partial charge is 0.493 e. The number of hydrogen-bond donors (Lipinski definition) is 2. The summed E-state index contributed by atoms with van der Waals surface area (Å²) in [7, 11) is 1.62. The smallest absolute Gasteiger partial charge is 0.220 e. The van der Waals surface area contributed by atoms with Crippen LogP contribution >= 0.6 is 12.4 Å². The molecular formula is C17H27ClN2O3. The van der Waals surface area contributed by atoms with Gasteiger partial charge in [0, 0.05) is 6.42 Å². The zero-order valence-electron chi connectivity index (χ0n) is 13.8. The van der Waals surface area contributed by atoms with Crippen LogP contribution in [0.15, 0.2) is 24.3 Å². The molecule has 1 fully saturated rings. The molecule has 0 radical (unpaired) electrons. The Balaban J connectivity index is 0.00000264. The summed E-state index contributed by atoms with van der Waals surface area (Å²) in [6.07, 6.45) is 2.63. The Bertz CT molecular complexity index is 479. The van der Waals surface area contributed by atoms with E-state index in [0.29, 0.717) is 30.4 Å². The van der Waals surface area contributed by atoms with E-state index < -0.39 is 0 Å². The lowest BCUT2D eigenvalue weighted by molar-refractivity contribution is -0.121. The maximum atomic E-state index is 11.9. The van der Waals surface area contributed by atoms with Gasteiger partial charge in [-0.3, -0.25) is 4.79 Å². The van der Waals surface area contributed by atoms with Crippen molar-refractivity contribution in [2.24, 2.45) is 5.92 Å². The van der Waals surface area contributed by atoms with E-state index in [0.717, 1.165) is 19.5 Å². The number of methoxy groups -OCH3 is 1. The van der Waals surface area contributed by atoms with Gasteiger partial charge >= 0.3 is 0 Å². The van der Waals surface area contributed by atoms with Crippen molar-refractivity contribution < 1.29 is 14.3 Å². The normalized spacial score (nSPS) is 17.9. The van der Waals surface area contributed by atoms with Crippen LogP contribution in [0.3, 0.4) is 0 Å². The summed E-state index contributed by atoms with van der Waals surface area (Å²) in [6.45, 7) is 4.56. The average molecular weight is 343 g/mol. The summed E-state index contributed by atoms with van der Waals surface area (Å²) < 4.78 is 11.1. The van der Waals surface area contributed by atoms with E-state index in [1.54, 1.807) is 7.11 Å². The fraction of sp³-hybridized carbons (Fsp3) is 0.588. The summed E-state index contributed by atoms with van der Waals surface area (Å²) in [6, 6.07) is 7.52. The van der Waals surface area contributed by atoms with Gasteiger partial charge in [-0.25, -0.2) is 0 Å². The second kappa shape index (κ2) is 10.3. The van der Waals surface area contributed by atoms with Crippen LogP contribution in [0, 0.1) is 5.92 Å². The number of rotatable bonds is 8. The highest BCUT2D eigenvalue weighted by atomic mass is 35.5. The van der Waals surface area contributed by atoms with Gasteiger partial charge in [0.05, 0.1) is 13.7 Å². The number of hydrogen-bond acceptors (Lipinski definition) is 4. The van der Waals surface area contributed by atoms with Crippen molar-refractivity contribution in [2.75, 3.05) is 26.7 Å². The van der Waals surface area contributed by atoms with E-state index in [1.807, 2.05) is 31.2 Å². The maximum Gasteiger partial charge on any atom is 0.220 e. The number of benzene rings is 1. The number of carbonyl (C=O) groups excluding carboxylic acids is 1. The summed E-state index contributed by atoms with van der Waals surface area (Å²) in [5.41, 5.74) is 0. The average Bonchev–Trinajstić information content (AvgIpc) is 3.05. The Morgan fingerprint density at radius 1 is 1.39 bits per heavy atom. The molecule has 0 aliphatic carbocycles. The van der Waals surface area contributed by atoms with Crippen LogP contribution < -0.4 is 20.1 Å². The highest BCUT2D eigenvalue weighted by Crippen LogP contribution is 2.26. The molecule has 0 spiro atoms. The molecule has 0 saturated carbocycles. The van der Waals surface area contributed by atoms with E-state index in [-0.39, 0.29) is 24.4 Å². The van der Waals surface area contributed by atoms with Gasteiger partial charge in [-0.05, 0) is 50.9 Å². The van der Waals surface area contributed by atoms with E-state index in [4.69, 9.17) is 9.47 Å². The van der Waals surface area contributed by atoms with Gasteiger partial charge in [-0.2, -0.15) is 0 Å². The molecule has 6 heteroatoms. The van der Waals surface area contributed by atoms with E-state index >= 15 is 0 Å². The lowest BCUT2D eigenvalue weighted by Gasteiger charge is -2.17. The zero-order chi connectivity index (χ0) is 15.8. The second-order valence-corrected chi connectivity index (χ2v) is 5.78. The second-order valence-electron chi connectivity index (χ2n) is 5.78. The van der Waals surface area contributed by atoms with Crippen LogP contribution in [0.25, 0.3) is 0 Å². The zero-order valence-corrected chi connectivity index (χ0v) is 14.7. The van der Waals surface area contributed by atoms with Gasteiger partial charge in [0.25, 0.3) is 0 Å². The molecule has 2 N–H and O–H groups in total. The Morgan fingerprint density at radius 2 is 2.13 bits per heavy atom. The van der Waals surface area contributed by atoms with Crippen LogP contribution in [0.5, 0.6) is 11.5 Å². The molecule has 0 bridgehead atoms. The van der Waals surface area contributed by atoms with Crippen molar-refractivity contribution in [1.29, 1.82) is 0 Å². The maximum absolute atomic E-state index is 11.9. The lowest BCUT2D eigenvalue weighted by Crippen LogP contribution is -2.33. The number of para-hydroxylation sites is 2. The number of halogens is 1. The van der Waals surface area contributed by atoms with Crippen LogP contribution in [0.2, 0.25) is 0 Å². The van der Waals surface area contributed by atoms with Crippen LogP contribution in [0.1, 0.15) is 26.2 Å². The number of ether oxygens (including phenoxy) is 2. The molecule has 2 rings (SSSR count). The minimum atomic E-state index is -0.103. The van der Waals surface area contributed by atoms with Crippen molar-refractivity contribution >= 4 is 18.3 Å². The van der Waals surface area contributed by atoms with Gasteiger partial charge in [-0.1, -0.05) is 12.1 Å². The minimum absolute atomic E-state index is 0. The highest BCUT2D eigenvalue weighted by Gasteiger charge is 2.16. The van der Waals surface area contributed by atoms with Gasteiger partial charge in [0.1, 0.15) is 6.10 Å². The summed E-state index contributed by atoms with van der Waals surface area (Å²) in [5.74, 6) is 2.15. The number of amides is 1. The molecule has 130 valence electrons. The Kier molecular flexibility index (Phi) is 8.81. The van der Waals surface area contributed by atoms with Gasteiger partial charge in [0.15, 0.2) is 11.5 Å². The van der Waals surface area contributed by atoms with Gasteiger partial charge in [0.2, 0.25) is 5.91 Å². The summed E-state index contributed by atoms with van der Waals surface area (Å²) in [4.78, 5) is 11.9. The topological polar surface area (TPSA) is 59.6 Å². The Hall–Kier alpha value is -1.46. The third-order valence-electron chi connectivity index (χ3n) is 3.93. The van der Waals surface area contributed by atoms with E-state index in [2.05, 4.69) is 10.6 Å². The van der Waals surface area contributed by atoms with Crippen LogP contribution in [-0.2, 0) is 4.79 Å². The molecule has 23 heavy (non-hydrogen) atoms. The molecule has 1 aromatic carbocycles. The first-order valence-corrected chi connectivity index (χ1v) is 7.96. The van der Waals surface area contributed by atoms with Crippen molar-refractivity contribution in [3.8, 4) is 11.5 Å². The molecular weight excluding hydrogens is 316 g/mol. The third-order valence-corrected chi connectivity index (χ3v) is 3.93. The molecule has 1 heterocycles. The molecule has 2 atom stereocenters. The fourth-order valence-electron chi connectivity index (χ4n) is 2.62. The molecule has 1 aromatic rings. The minimum Gasteiger partial charge on any atom is -0.493 e. The Morgan fingerprint density at radius 3 is 2.78 bits per heavy atom. The molecule has 1 aliphatic rings. The lowest BCUT2D eigenvalue weighted by atomic mass is 10.0. The third kappa shape index (κ3) is 6.67. The van der Waals surface area contributed by atoms with Crippen molar-refractivity contribution in [1.82, 2.24) is 10.6 Å². The van der Waals surface area contributed by atoms with Gasteiger partial charge < -0.3 is 20.1 Å². The summed E-state index contributed by atoms with van der Waals surface area (Å²) in [5, 5.41) is 6.26. The molecule has 0 aromatic heterocycles. The molecule has 5 nitrogen and oxygen atoms in total. The van der Waals surface area contributed by atoms with Crippen LogP contribution in [0.4, 0.5) is 0 Å². The predicted molar refractivity (Wildman–Crippen MR) is 93.6 cm³/mol. The quantitative estimate of drug-likeness (QED) is 0.761. The molecule has 1 aliphatic heterocycles. The van der Waals surface area contributed by atoms with Crippen molar-refractivity contribution in [2.45, 2.75) is 32.3 Å². The highest BCUT2D eigenvalue weighted by molar-refractivity contribution is 5.85. The molecule has 1 amide bonds. The SMILES string of the molecule is COc1ccccc1OC(C)CNC(=O)CCC1CCNC1.Cl. The summed E-state index contributed by atoms with van der Waals surface area (Å²) >= 11 is 0. The Labute approximate surface area is 144 Å². The molecule has 1 saturated heterocycles. The standard InChI is InChI=1S/C17H26N2O3.ClH/c1-13(22-16-6-4-3-5-15(16)21-2)11-19-17(20)8-7-14-9-10-18-12-14;/h3-6,13-14,18H,7-12H2,1-2H3,(H,19,20);1H. The first-order valence-electron chi connectivity index (χ1n) is 7.96. The van der Waals surface area contributed by atoms with Crippen LogP contribution in [-0.4, -0.2) is 38.8 Å². The monoisotopic (exact) mass is 342 g/mol. The first kappa shape index (κ1) is 19.6. The predicted octanol–water partition coefficient (Wildman–Crippen LogP) is 2.39. The van der Waals surface area contributed by atoms with Crippen molar-refractivity contribution in [3.63, 3.8) is 0 Å². The van der Waals surface area contributed by atoms with E-state index in [9.17, 15) is 4.79 Å². The molecule has 2 unspecified atom stereocenters. The fourth-order valence-corrected chi connectivity index (χ4v) is 2.62. The number of nitrogens with one attached hydrogen (secondary N) is 2. The van der Waals surface area contributed by atoms with Crippen molar-refractivity contribution in [3.05, 3.63) is 24.3 Å².